The Bertz CT molecular complexity index is 1060. The van der Waals surface area contributed by atoms with Crippen LogP contribution in [0.15, 0.2) is 36.4 Å². The maximum absolute atomic E-state index is 14.3. The van der Waals surface area contributed by atoms with Gasteiger partial charge in [0.1, 0.15) is 5.82 Å². The van der Waals surface area contributed by atoms with E-state index in [0.717, 1.165) is 12.0 Å². The first-order valence-electron chi connectivity index (χ1n) is 13.9. The summed E-state index contributed by atoms with van der Waals surface area (Å²) in [5.74, 6) is -1.29. The Morgan fingerprint density at radius 2 is 1.69 bits per heavy atom. The largest absolute Gasteiger partial charge is 0.355 e. The highest BCUT2D eigenvalue weighted by Crippen LogP contribution is 2.43. The van der Waals surface area contributed by atoms with E-state index in [4.69, 9.17) is 23.2 Å². The molecule has 2 fully saturated rings. The molecule has 2 aliphatic rings. The Morgan fingerprint density at radius 1 is 1.08 bits per heavy atom. The van der Waals surface area contributed by atoms with E-state index >= 15 is 0 Å². The zero-order chi connectivity index (χ0) is 29.0. The second-order valence-electron chi connectivity index (χ2n) is 11.7. The van der Waals surface area contributed by atoms with Crippen molar-refractivity contribution in [1.29, 1.82) is 0 Å². The molecule has 0 spiro atoms. The smallest absolute Gasteiger partial charge is 0.237 e. The summed E-state index contributed by atoms with van der Waals surface area (Å²) in [5, 5.41) is 9.24. The van der Waals surface area contributed by atoms with Crippen molar-refractivity contribution in [2.24, 2.45) is 5.41 Å². The van der Waals surface area contributed by atoms with E-state index in [2.05, 4.69) is 43.6 Å². The average Bonchev–Trinajstić information content (AvgIpc) is 3.58. The van der Waals surface area contributed by atoms with Crippen molar-refractivity contribution >= 4 is 41.2 Å². The van der Waals surface area contributed by atoms with E-state index in [0.29, 0.717) is 41.2 Å². The molecule has 4 rings (SSSR count). The van der Waals surface area contributed by atoms with E-state index in [1.165, 1.54) is 44.2 Å². The second kappa shape index (κ2) is 16.2. The highest BCUT2D eigenvalue weighted by molar-refractivity contribution is 6.31. The quantitative estimate of drug-likeness (QED) is 0.290. The van der Waals surface area contributed by atoms with Gasteiger partial charge in [0, 0.05) is 35.6 Å². The fourth-order valence-electron chi connectivity index (χ4n) is 4.74. The van der Waals surface area contributed by atoms with Crippen LogP contribution < -0.4 is 16.0 Å². The van der Waals surface area contributed by atoms with Gasteiger partial charge in [-0.05, 0) is 47.2 Å². The summed E-state index contributed by atoms with van der Waals surface area (Å²) in [6.45, 7) is 11.7. The van der Waals surface area contributed by atoms with Gasteiger partial charge in [-0.2, -0.15) is 0 Å². The van der Waals surface area contributed by atoms with Crippen molar-refractivity contribution in [3.05, 3.63) is 63.4 Å². The molecule has 1 aliphatic carbocycles. The summed E-state index contributed by atoms with van der Waals surface area (Å²) in [6, 6.07) is 9.48. The van der Waals surface area contributed by atoms with Crippen LogP contribution in [0.25, 0.3) is 0 Å². The molecular weight excluding hydrogens is 536 g/mol. The lowest BCUT2D eigenvalue weighted by Gasteiger charge is -2.26. The van der Waals surface area contributed by atoms with E-state index < -0.39 is 11.9 Å². The first-order valence-corrected chi connectivity index (χ1v) is 14.7. The Labute approximate surface area is 243 Å². The minimum Gasteiger partial charge on any atom is -0.355 e. The zero-order valence-electron chi connectivity index (χ0n) is 23.9. The van der Waals surface area contributed by atoms with Gasteiger partial charge in [0.25, 0.3) is 0 Å². The van der Waals surface area contributed by atoms with Crippen LogP contribution in [0.3, 0.4) is 0 Å². The normalized spacial score (nSPS) is 20.3. The van der Waals surface area contributed by atoms with Gasteiger partial charge in [-0.15, -0.1) is 0 Å². The molecule has 1 aliphatic heterocycles. The molecule has 1 unspecified atom stereocenters. The van der Waals surface area contributed by atoms with Gasteiger partial charge >= 0.3 is 0 Å². The van der Waals surface area contributed by atoms with Gasteiger partial charge in [-0.25, -0.2) is 4.39 Å². The predicted octanol–water partition coefficient (Wildman–Crippen LogP) is 8.07. The summed E-state index contributed by atoms with van der Waals surface area (Å²) in [4.78, 5) is 23.9. The minimum atomic E-state index is -0.582. The number of halogens is 3. The third-order valence-electron chi connectivity index (χ3n) is 6.37. The van der Waals surface area contributed by atoms with Crippen molar-refractivity contribution in [2.75, 3.05) is 18.4 Å². The van der Waals surface area contributed by atoms with E-state index in [9.17, 15) is 14.0 Å². The van der Waals surface area contributed by atoms with Crippen LogP contribution in [-0.2, 0) is 9.59 Å². The van der Waals surface area contributed by atoms with Gasteiger partial charge in [0.2, 0.25) is 12.3 Å². The van der Waals surface area contributed by atoms with Crippen molar-refractivity contribution in [3.63, 3.8) is 0 Å². The highest BCUT2D eigenvalue weighted by Gasteiger charge is 2.42. The maximum atomic E-state index is 14.3. The molecule has 1 heterocycles. The molecule has 5 nitrogen and oxygen atoms in total. The summed E-state index contributed by atoms with van der Waals surface area (Å²) < 4.78 is 14.3. The molecular formula is C31H44Cl2FN3O2. The first kappa shape index (κ1) is 33.1. The van der Waals surface area contributed by atoms with Gasteiger partial charge in [0.05, 0.1) is 11.1 Å². The SMILES string of the molecule is C1CCCC1.CC(C)(C)C.CCCNC(=O)[C@@H]1NCC(c2cc(F)c(Cl)cc2NC=O)[C@H]1c1cccc(Cl)c1. The number of hydrogen-bond donors (Lipinski definition) is 3. The molecule has 0 radical (unpaired) electrons. The lowest BCUT2D eigenvalue weighted by molar-refractivity contribution is -0.123. The van der Waals surface area contributed by atoms with Crippen molar-refractivity contribution in [1.82, 2.24) is 10.6 Å². The molecule has 0 aromatic heterocycles. The third-order valence-corrected chi connectivity index (χ3v) is 6.90. The number of amides is 2. The number of nitrogens with one attached hydrogen (secondary N) is 3. The molecule has 2 aromatic rings. The number of rotatable bonds is 7. The molecule has 3 N–H and O–H groups in total. The van der Waals surface area contributed by atoms with E-state index in [1.807, 2.05) is 25.1 Å². The molecule has 1 saturated carbocycles. The summed E-state index contributed by atoms with van der Waals surface area (Å²) in [5.41, 5.74) is 2.35. The number of carbonyl (C=O) groups is 2. The zero-order valence-corrected chi connectivity index (χ0v) is 25.4. The molecule has 39 heavy (non-hydrogen) atoms. The Morgan fingerprint density at radius 3 is 2.23 bits per heavy atom. The Hall–Kier alpha value is -2.15. The summed E-state index contributed by atoms with van der Waals surface area (Å²) >= 11 is 12.1. The molecule has 2 amide bonds. The molecule has 3 atom stereocenters. The van der Waals surface area contributed by atoms with E-state index in [-0.39, 0.29) is 22.8 Å². The van der Waals surface area contributed by atoms with Crippen molar-refractivity contribution < 1.29 is 14.0 Å². The summed E-state index contributed by atoms with van der Waals surface area (Å²) in [6.07, 6.45) is 8.84. The van der Waals surface area contributed by atoms with Crippen molar-refractivity contribution in [3.8, 4) is 0 Å². The fraction of sp³-hybridized carbons (Fsp3) is 0.548. The molecule has 8 heteroatoms. The lowest BCUT2D eigenvalue weighted by atomic mass is 9.79. The highest BCUT2D eigenvalue weighted by atomic mass is 35.5. The van der Waals surface area contributed by atoms with Gasteiger partial charge in [-0.3, -0.25) is 9.59 Å². The summed E-state index contributed by atoms with van der Waals surface area (Å²) in [7, 11) is 0. The van der Waals surface area contributed by atoms with E-state index in [1.54, 1.807) is 6.07 Å². The van der Waals surface area contributed by atoms with Crippen LogP contribution in [0, 0.1) is 11.2 Å². The van der Waals surface area contributed by atoms with Crippen LogP contribution in [-0.4, -0.2) is 31.4 Å². The maximum Gasteiger partial charge on any atom is 0.237 e. The topological polar surface area (TPSA) is 70.2 Å². The van der Waals surface area contributed by atoms with Crippen LogP contribution in [0.2, 0.25) is 10.0 Å². The fourth-order valence-corrected chi connectivity index (χ4v) is 5.10. The lowest BCUT2D eigenvalue weighted by Crippen LogP contribution is -2.43. The van der Waals surface area contributed by atoms with Crippen LogP contribution >= 0.6 is 23.2 Å². The standard InChI is InChI=1S/C21H22Cl2FN3O2.C5H10.C5H12/c1-2-6-25-21(29)20-19(12-4-3-5-13(22)7-12)15(10-26-20)14-8-17(24)16(23)9-18(14)27-11-28;1-2-4-5-3-1;1-5(2,3)4/h3-5,7-9,11,15,19-20,26H,2,6,10H2,1H3,(H,25,29)(H,27,28);1-5H2;1-4H3/t15?,19-,20-;;/m1../s1. The second-order valence-corrected chi connectivity index (χ2v) is 12.6. The predicted molar refractivity (Wildman–Crippen MR) is 161 cm³/mol. The van der Waals surface area contributed by atoms with Gasteiger partial charge in [0.15, 0.2) is 0 Å². The molecule has 0 bridgehead atoms. The van der Waals surface area contributed by atoms with Crippen LogP contribution in [0.5, 0.6) is 0 Å². The van der Waals surface area contributed by atoms with Gasteiger partial charge < -0.3 is 16.0 Å². The Balaban J connectivity index is 0.000000449. The first-order chi connectivity index (χ1) is 18.5. The van der Waals surface area contributed by atoms with Crippen LogP contribution in [0.1, 0.15) is 96.1 Å². The Kier molecular flexibility index (Phi) is 13.7. The number of hydrogen-bond acceptors (Lipinski definition) is 3. The number of anilines is 1. The van der Waals surface area contributed by atoms with Gasteiger partial charge in [-0.1, -0.05) is 102 Å². The third kappa shape index (κ3) is 11.1. The van der Waals surface area contributed by atoms with Crippen molar-refractivity contribution in [2.45, 2.75) is 91.0 Å². The average molecular weight is 581 g/mol. The minimum absolute atomic E-state index is 0.0828. The molecule has 1 saturated heterocycles. The van der Waals surface area contributed by atoms with Crippen LogP contribution in [0.4, 0.5) is 10.1 Å². The monoisotopic (exact) mass is 579 g/mol. The number of carbonyl (C=O) groups excluding carboxylic acids is 2. The number of benzene rings is 2. The molecule has 216 valence electrons. The molecule has 2 aromatic carbocycles.